The Hall–Kier alpha value is -0.160. The van der Waals surface area contributed by atoms with Crippen LogP contribution in [0, 0.1) is 0 Å². The molecule has 1 N–H and O–H groups in total. The number of hydrogen-bond acceptors (Lipinski definition) is 4. The molecule has 0 radical (unpaired) electrons. The third-order valence-electron chi connectivity index (χ3n) is 1.37. The van der Waals surface area contributed by atoms with Crippen LogP contribution in [0.15, 0.2) is 0 Å². The maximum Gasteiger partial charge on any atom is 0.282 e. The van der Waals surface area contributed by atoms with Gasteiger partial charge in [0, 0.05) is 13.5 Å². The van der Waals surface area contributed by atoms with Crippen molar-refractivity contribution in [1.29, 1.82) is 0 Å². The molecule has 10 heavy (non-hydrogen) atoms. The predicted octanol–water partition coefficient (Wildman–Crippen LogP) is 0.0634. The quantitative estimate of drug-likeness (QED) is 0.575. The van der Waals surface area contributed by atoms with Crippen LogP contribution in [0.25, 0.3) is 0 Å². The van der Waals surface area contributed by atoms with Gasteiger partial charge in [-0.1, -0.05) is 0 Å². The summed E-state index contributed by atoms with van der Waals surface area (Å²) in [7, 11) is 1.50. The van der Waals surface area contributed by atoms with Gasteiger partial charge in [0.15, 0.2) is 6.79 Å². The highest BCUT2D eigenvalue weighted by molar-refractivity contribution is 4.60. The lowest BCUT2D eigenvalue weighted by Crippen LogP contribution is -2.31. The van der Waals surface area contributed by atoms with E-state index in [1.807, 2.05) is 0 Å². The summed E-state index contributed by atoms with van der Waals surface area (Å²) < 4.78 is 14.4. The highest BCUT2D eigenvalue weighted by Gasteiger charge is 2.33. The average Bonchev–Trinajstić information content (AvgIpc) is 2.33. The Labute approximate surface area is 59.7 Å². The fraction of sp³-hybridized carbons (Fsp3) is 1.00. The molecule has 1 unspecified atom stereocenters. The molecule has 0 saturated carbocycles. The van der Waals surface area contributed by atoms with E-state index in [-0.39, 0.29) is 6.79 Å². The largest absolute Gasteiger partial charge is 0.358 e. The fourth-order valence-electron chi connectivity index (χ4n) is 0.864. The van der Waals surface area contributed by atoms with Crippen LogP contribution in [0.4, 0.5) is 0 Å². The average molecular weight is 148 g/mol. The summed E-state index contributed by atoms with van der Waals surface area (Å²) in [5, 5.41) is 9.30. The van der Waals surface area contributed by atoms with Crippen LogP contribution < -0.4 is 0 Å². The molecule has 0 aliphatic carbocycles. The number of rotatable bonds is 3. The predicted molar refractivity (Wildman–Crippen MR) is 33.1 cm³/mol. The summed E-state index contributed by atoms with van der Waals surface area (Å²) in [6.07, 6.45) is 1.36. The van der Waals surface area contributed by atoms with Crippen molar-refractivity contribution < 1.29 is 19.3 Å². The van der Waals surface area contributed by atoms with Crippen LogP contribution in [-0.4, -0.2) is 31.6 Å². The van der Waals surface area contributed by atoms with E-state index in [4.69, 9.17) is 9.47 Å². The second kappa shape index (κ2) is 3.30. The molecule has 1 fully saturated rings. The molecule has 0 amide bonds. The van der Waals surface area contributed by atoms with Gasteiger partial charge in [-0.15, -0.1) is 0 Å². The van der Waals surface area contributed by atoms with Crippen LogP contribution in [0.1, 0.15) is 12.8 Å². The highest BCUT2D eigenvalue weighted by Crippen LogP contribution is 2.23. The first-order valence-electron chi connectivity index (χ1n) is 3.26. The lowest BCUT2D eigenvalue weighted by Gasteiger charge is -2.20. The number of aliphatic hydroxyl groups is 1. The molecule has 0 aromatic rings. The smallest absolute Gasteiger partial charge is 0.282 e. The lowest BCUT2D eigenvalue weighted by molar-refractivity contribution is -0.358. The summed E-state index contributed by atoms with van der Waals surface area (Å²) >= 11 is 0. The third-order valence-corrected chi connectivity index (χ3v) is 1.37. The van der Waals surface area contributed by atoms with Crippen molar-refractivity contribution in [3.05, 3.63) is 0 Å². The second-order valence-electron chi connectivity index (χ2n) is 2.22. The van der Waals surface area contributed by atoms with E-state index in [1.54, 1.807) is 0 Å². The minimum Gasteiger partial charge on any atom is -0.358 e. The molecule has 0 aromatic carbocycles. The Morgan fingerprint density at radius 1 is 1.70 bits per heavy atom. The Balaban J connectivity index is 2.22. The van der Waals surface area contributed by atoms with E-state index in [1.165, 1.54) is 7.11 Å². The SMILES string of the molecule is COCOC1(O)CCCO1. The van der Waals surface area contributed by atoms with Gasteiger partial charge in [-0.25, -0.2) is 0 Å². The van der Waals surface area contributed by atoms with E-state index in [0.29, 0.717) is 13.0 Å². The summed E-state index contributed by atoms with van der Waals surface area (Å²) in [4.78, 5) is 0. The van der Waals surface area contributed by atoms with Crippen LogP contribution in [-0.2, 0) is 14.2 Å². The van der Waals surface area contributed by atoms with Crippen LogP contribution in [0.5, 0.6) is 0 Å². The molecule has 0 aromatic heterocycles. The number of methoxy groups -OCH3 is 1. The minimum atomic E-state index is -1.38. The maximum absolute atomic E-state index is 9.30. The Kier molecular flexibility index (Phi) is 2.62. The zero-order valence-corrected chi connectivity index (χ0v) is 6.00. The first-order chi connectivity index (χ1) is 4.77. The van der Waals surface area contributed by atoms with Gasteiger partial charge in [0.05, 0.1) is 6.61 Å². The van der Waals surface area contributed by atoms with Crippen molar-refractivity contribution in [2.24, 2.45) is 0 Å². The molecule has 1 aliphatic heterocycles. The summed E-state index contributed by atoms with van der Waals surface area (Å²) in [5.74, 6) is -1.38. The van der Waals surface area contributed by atoms with Gasteiger partial charge in [0.1, 0.15) is 0 Å². The van der Waals surface area contributed by atoms with Crippen LogP contribution in [0.2, 0.25) is 0 Å². The van der Waals surface area contributed by atoms with Gasteiger partial charge in [0.25, 0.3) is 5.97 Å². The summed E-state index contributed by atoms with van der Waals surface area (Å²) in [6, 6.07) is 0. The van der Waals surface area contributed by atoms with Gasteiger partial charge in [-0.2, -0.15) is 0 Å². The third kappa shape index (κ3) is 1.91. The first-order valence-corrected chi connectivity index (χ1v) is 3.26. The highest BCUT2D eigenvalue weighted by atomic mass is 16.9. The molecular weight excluding hydrogens is 136 g/mol. The monoisotopic (exact) mass is 148 g/mol. The number of hydrogen-bond donors (Lipinski definition) is 1. The van der Waals surface area contributed by atoms with E-state index < -0.39 is 5.97 Å². The van der Waals surface area contributed by atoms with Crippen molar-refractivity contribution in [2.75, 3.05) is 20.5 Å². The van der Waals surface area contributed by atoms with Crippen molar-refractivity contribution in [3.63, 3.8) is 0 Å². The normalized spacial score (nSPS) is 33.0. The van der Waals surface area contributed by atoms with Crippen molar-refractivity contribution in [2.45, 2.75) is 18.8 Å². The molecule has 1 saturated heterocycles. The van der Waals surface area contributed by atoms with Crippen molar-refractivity contribution in [3.8, 4) is 0 Å². The zero-order valence-electron chi connectivity index (χ0n) is 6.00. The Morgan fingerprint density at radius 3 is 3.00 bits per heavy atom. The summed E-state index contributed by atoms with van der Waals surface area (Å²) in [5.41, 5.74) is 0. The minimum absolute atomic E-state index is 0.0660. The molecule has 0 spiro atoms. The van der Waals surface area contributed by atoms with Crippen LogP contribution in [0.3, 0.4) is 0 Å². The zero-order chi connectivity index (χ0) is 7.45. The molecule has 1 atom stereocenters. The molecule has 4 heteroatoms. The van der Waals surface area contributed by atoms with E-state index >= 15 is 0 Å². The number of ether oxygens (including phenoxy) is 3. The van der Waals surface area contributed by atoms with E-state index in [0.717, 1.165) is 6.42 Å². The van der Waals surface area contributed by atoms with Gasteiger partial charge >= 0.3 is 0 Å². The van der Waals surface area contributed by atoms with Gasteiger partial charge in [-0.3, -0.25) is 0 Å². The molecule has 60 valence electrons. The Morgan fingerprint density at radius 2 is 2.50 bits per heavy atom. The molecule has 1 rings (SSSR count). The van der Waals surface area contributed by atoms with Crippen molar-refractivity contribution >= 4 is 0 Å². The first kappa shape index (κ1) is 7.94. The molecule has 1 heterocycles. The summed E-state index contributed by atoms with van der Waals surface area (Å²) in [6.45, 7) is 0.622. The van der Waals surface area contributed by atoms with Gasteiger partial charge < -0.3 is 19.3 Å². The van der Waals surface area contributed by atoms with E-state index in [2.05, 4.69) is 4.74 Å². The molecule has 4 nitrogen and oxygen atoms in total. The maximum atomic E-state index is 9.30. The van der Waals surface area contributed by atoms with Crippen molar-refractivity contribution in [1.82, 2.24) is 0 Å². The lowest BCUT2D eigenvalue weighted by atomic mass is 10.3. The van der Waals surface area contributed by atoms with Gasteiger partial charge in [-0.05, 0) is 6.42 Å². The van der Waals surface area contributed by atoms with E-state index in [9.17, 15) is 5.11 Å². The van der Waals surface area contributed by atoms with Gasteiger partial charge in [0.2, 0.25) is 0 Å². The topological polar surface area (TPSA) is 47.9 Å². The molecule has 0 bridgehead atoms. The molecule has 1 aliphatic rings. The molecular formula is C6H12O4. The fourth-order valence-corrected chi connectivity index (χ4v) is 0.864. The Bertz CT molecular complexity index is 97.9. The van der Waals surface area contributed by atoms with Crippen LogP contribution >= 0.6 is 0 Å². The standard InChI is InChI=1S/C6H12O4/c1-8-5-10-6(7)3-2-4-9-6/h7H,2-5H2,1H3. The second-order valence-corrected chi connectivity index (χ2v) is 2.22.